The van der Waals surface area contributed by atoms with Crippen LogP contribution in [0.1, 0.15) is 47.9 Å². The Labute approximate surface area is 208 Å². The average Bonchev–Trinajstić information content (AvgIpc) is 3.58. The molecular weight excluding hydrogens is 468 g/mol. The van der Waals surface area contributed by atoms with Crippen molar-refractivity contribution in [3.63, 3.8) is 0 Å². The molecule has 0 radical (unpaired) electrons. The smallest absolute Gasteiger partial charge is 0.233 e. The second-order valence-electron chi connectivity index (χ2n) is 9.30. The lowest BCUT2D eigenvalue weighted by Crippen LogP contribution is -2.52. The highest BCUT2D eigenvalue weighted by Gasteiger charge is 2.55. The third-order valence-electron chi connectivity index (χ3n) is 7.15. The third-order valence-corrected chi connectivity index (χ3v) is 9.11. The van der Waals surface area contributed by atoms with Crippen LogP contribution in [0.3, 0.4) is 0 Å². The Morgan fingerprint density at radius 3 is 2.74 bits per heavy atom. The molecule has 2 heterocycles. The van der Waals surface area contributed by atoms with E-state index in [1.165, 1.54) is 28.7 Å². The molecule has 2 atom stereocenters. The minimum Gasteiger partial charge on any atom is -0.371 e. The van der Waals surface area contributed by atoms with Crippen molar-refractivity contribution in [1.29, 1.82) is 0 Å². The van der Waals surface area contributed by atoms with Crippen LogP contribution in [0.4, 0.5) is 0 Å². The monoisotopic (exact) mass is 498 g/mol. The fraction of sp³-hybridized carbons (Fsp3) is 0.520. The van der Waals surface area contributed by atoms with Crippen LogP contribution >= 0.6 is 23.1 Å². The van der Waals surface area contributed by atoms with Crippen molar-refractivity contribution in [3.8, 4) is 0 Å². The largest absolute Gasteiger partial charge is 0.371 e. The molecule has 3 aliphatic rings. The van der Waals surface area contributed by atoms with Gasteiger partial charge in [-0.25, -0.2) is 0 Å². The number of piperidine rings is 1. The number of fused-ring (bicyclic) bond motifs is 2. The van der Waals surface area contributed by atoms with Crippen LogP contribution in [0.5, 0.6) is 0 Å². The van der Waals surface area contributed by atoms with E-state index in [-0.39, 0.29) is 35.3 Å². The maximum absolute atomic E-state index is 12.9. The molecule has 1 aliphatic heterocycles. The number of thioether (sulfide) groups is 1. The number of rotatable bonds is 8. The highest BCUT2D eigenvalue weighted by molar-refractivity contribution is 8.01. The van der Waals surface area contributed by atoms with E-state index in [9.17, 15) is 9.59 Å². The van der Waals surface area contributed by atoms with E-state index >= 15 is 0 Å². The Morgan fingerprint density at radius 2 is 2.06 bits per heavy atom. The standard InChI is InChI=1S/C25H30N4O3S2/c1-3-14-32-22-21(26-23(31)17-8-9-17)18-6-4-5-7-19(18)25(22)10-12-29(13-11-25)20(30)15-33-24-28-27-16(2)34-24/h3-7,17,21-22H,1,8-15H2,2H3,(H,26,31)/t21-,22+/m1/s1. The minimum absolute atomic E-state index is 0.126. The molecule has 9 heteroatoms. The molecule has 5 rings (SSSR count). The zero-order chi connectivity index (χ0) is 23.7. The topological polar surface area (TPSA) is 84.4 Å². The van der Waals surface area contributed by atoms with Gasteiger partial charge in [-0.3, -0.25) is 9.59 Å². The normalized spacial score (nSPS) is 23.0. The van der Waals surface area contributed by atoms with E-state index in [0.29, 0.717) is 25.4 Å². The van der Waals surface area contributed by atoms with Crippen molar-refractivity contribution in [1.82, 2.24) is 20.4 Å². The van der Waals surface area contributed by atoms with Gasteiger partial charge in [-0.1, -0.05) is 53.4 Å². The van der Waals surface area contributed by atoms with Crippen LogP contribution in [-0.2, 0) is 19.7 Å². The van der Waals surface area contributed by atoms with Crippen LogP contribution in [0, 0.1) is 12.8 Å². The molecular formula is C25H30N4O3S2. The van der Waals surface area contributed by atoms with Gasteiger partial charge < -0.3 is 15.0 Å². The Kier molecular flexibility index (Phi) is 6.77. The fourth-order valence-electron chi connectivity index (χ4n) is 5.32. The summed E-state index contributed by atoms with van der Waals surface area (Å²) in [6.07, 6.45) is 5.12. The van der Waals surface area contributed by atoms with E-state index in [4.69, 9.17) is 4.74 Å². The molecule has 34 heavy (non-hydrogen) atoms. The molecule has 1 saturated carbocycles. The highest BCUT2D eigenvalue weighted by Crippen LogP contribution is 2.52. The second-order valence-corrected chi connectivity index (χ2v) is 11.7. The summed E-state index contributed by atoms with van der Waals surface area (Å²) in [5, 5.41) is 12.3. The van der Waals surface area contributed by atoms with Gasteiger partial charge in [0, 0.05) is 24.4 Å². The summed E-state index contributed by atoms with van der Waals surface area (Å²) in [5.41, 5.74) is 2.16. The van der Waals surface area contributed by atoms with Gasteiger partial charge in [-0.05, 0) is 43.7 Å². The molecule has 2 aromatic rings. The summed E-state index contributed by atoms with van der Waals surface area (Å²) in [5.74, 6) is 0.758. The quantitative estimate of drug-likeness (QED) is 0.442. The molecule has 2 amide bonds. The Bertz CT molecular complexity index is 1080. The van der Waals surface area contributed by atoms with Crippen molar-refractivity contribution in [3.05, 3.63) is 53.1 Å². The summed E-state index contributed by atoms with van der Waals surface area (Å²) in [4.78, 5) is 27.6. The molecule has 7 nitrogen and oxygen atoms in total. The summed E-state index contributed by atoms with van der Waals surface area (Å²) >= 11 is 2.97. The number of hydrogen-bond acceptors (Lipinski definition) is 7. The first-order chi connectivity index (χ1) is 16.5. The van der Waals surface area contributed by atoms with Gasteiger partial charge in [0.05, 0.1) is 24.5 Å². The van der Waals surface area contributed by atoms with Gasteiger partial charge in [0.1, 0.15) is 5.01 Å². The number of hydrogen-bond donors (Lipinski definition) is 1. The second kappa shape index (κ2) is 9.79. The molecule has 1 N–H and O–H groups in total. The highest BCUT2D eigenvalue weighted by atomic mass is 32.2. The number of amides is 2. The first-order valence-electron chi connectivity index (χ1n) is 11.8. The average molecular weight is 499 g/mol. The lowest BCUT2D eigenvalue weighted by Gasteiger charge is -2.44. The molecule has 0 bridgehead atoms. The van der Waals surface area contributed by atoms with Crippen LogP contribution in [0.15, 0.2) is 41.3 Å². The predicted molar refractivity (Wildman–Crippen MR) is 133 cm³/mol. The molecule has 180 valence electrons. The molecule has 2 fully saturated rings. The van der Waals surface area contributed by atoms with Gasteiger partial charge in [-0.15, -0.1) is 16.8 Å². The first kappa shape index (κ1) is 23.5. The zero-order valence-corrected chi connectivity index (χ0v) is 21.0. The van der Waals surface area contributed by atoms with E-state index in [0.717, 1.165) is 40.6 Å². The Balaban J connectivity index is 1.33. The van der Waals surface area contributed by atoms with E-state index in [1.807, 2.05) is 17.9 Å². The predicted octanol–water partition coefficient (Wildman–Crippen LogP) is 3.65. The number of aromatic nitrogens is 2. The number of nitrogens with zero attached hydrogens (tertiary/aromatic N) is 3. The van der Waals surface area contributed by atoms with Crippen molar-refractivity contribution in [2.24, 2.45) is 5.92 Å². The SMILES string of the molecule is C=CCO[C@H]1[C@H](NC(=O)C2CC2)c2ccccc2C12CCN(C(=O)CSc1nnc(C)s1)CC2. The van der Waals surface area contributed by atoms with Crippen LogP contribution in [-0.4, -0.2) is 58.5 Å². The summed E-state index contributed by atoms with van der Waals surface area (Å²) in [6, 6.07) is 8.21. The fourth-order valence-corrected chi connectivity index (χ4v) is 7.03. The van der Waals surface area contributed by atoms with E-state index in [1.54, 1.807) is 6.08 Å². The number of carbonyl (C=O) groups excluding carboxylic acids is 2. The Hall–Kier alpha value is -2.23. The van der Waals surface area contributed by atoms with Crippen molar-refractivity contribution in [2.45, 2.75) is 54.5 Å². The van der Waals surface area contributed by atoms with Crippen molar-refractivity contribution >= 4 is 34.9 Å². The lowest BCUT2D eigenvalue weighted by molar-refractivity contribution is -0.131. The van der Waals surface area contributed by atoms with Crippen LogP contribution < -0.4 is 5.32 Å². The van der Waals surface area contributed by atoms with Crippen LogP contribution in [0.25, 0.3) is 0 Å². The Morgan fingerprint density at radius 1 is 1.29 bits per heavy atom. The number of nitrogens with one attached hydrogen (secondary N) is 1. The number of carbonyl (C=O) groups is 2. The molecule has 1 saturated heterocycles. The van der Waals surface area contributed by atoms with Gasteiger partial charge in [0.15, 0.2) is 4.34 Å². The number of aryl methyl sites for hydroxylation is 1. The van der Waals surface area contributed by atoms with E-state index < -0.39 is 0 Å². The molecule has 1 spiro atoms. The zero-order valence-electron chi connectivity index (χ0n) is 19.4. The number of likely N-dealkylation sites (tertiary alicyclic amines) is 1. The number of ether oxygens (including phenoxy) is 1. The van der Waals surface area contributed by atoms with Crippen molar-refractivity contribution in [2.75, 3.05) is 25.4 Å². The molecule has 1 aromatic heterocycles. The summed E-state index contributed by atoms with van der Waals surface area (Å²) in [7, 11) is 0. The molecule has 0 unspecified atom stereocenters. The minimum atomic E-state index is -0.235. The maximum atomic E-state index is 12.9. The lowest BCUT2D eigenvalue weighted by atomic mass is 9.72. The third kappa shape index (κ3) is 4.53. The number of benzene rings is 1. The first-order valence-corrected chi connectivity index (χ1v) is 13.6. The summed E-state index contributed by atoms with van der Waals surface area (Å²) in [6.45, 7) is 7.51. The van der Waals surface area contributed by atoms with Gasteiger partial charge >= 0.3 is 0 Å². The van der Waals surface area contributed by atoms with E-state index in [2.05, 4.69) is 40.3 Å². The maximum Gasteiger partial charge on any atom is 0.233 e. The van der Waals surface area contributed by atoms with Gasteiger partial charge in [0.25, 0.3) is 0 Å². The summed E-state index contributed by atoms with van der Waals surface area (Å²) < 4.78 is 7.22. The van der Waals surface area contributed by atoms with Crippen LogP contribution in [0.2, 0.25) is 0 Å². The van der Waals surface area contributed by atoms with Gasteiger partial charge in [0.2, 0.25) is 11.8 Å². The molecule has 1 aromatic carbocycles. The van der Waals surface area contributed by atoms with Crippen molar-refractivity contribution < 1.29 is 14.3 Å². The van der Waals surface area contributed by atoms with Gasteiger partial charge in [-0.2, -0.15) is 0 Å². The molecule has 2 aliphatic carbocycles.